The van der Waals surface area contributed by atoms with Gasteiger partial charge in [-0.2, -0.15) is 0 Å². The molecule has 3 nitrogen and oxygen atoms in total. The van der Waals surface area contributed by atoms with Crippen LogP contribution in [-0.4, -0.2) is 36.6 Å². The summed E-state index contributed by atoms with van der Waals surface area (Å²) >= 11 is 0. The van der Waals surface area contributed by atoms with Gasteiger partial charge in [0.2, 0.25) is 0 Å². The van der Waals surface area contributed by atoms with E-state index in [-0.39, 0.29) is 6.04 Å². The summed E-state index contributed by atoms with van der Waals surface area (Å²) in [4.78, 5) is 6.50. The lowest BCUT2D eigenvalue weighted by Gasteiger charge is -2.30. The molecule has 2 heterocycles. The van der Waals surface area contributed by atoms with Crippen LogP contribution in [0.5, 0.6) is 0 Å². The third-order valence-electron chi connectivity index (χ3n) is 4.74. The standard InChI is InChI=1S/C19H23F2N3/c1-24-9-6-14(7-10-24)12-23-19(16-3-2-8-22-13-16)15-4-5-17(20)18(21)11-15/h2-5,8,11,13-14,19,23H,6-7,9-10,12H2,1H3/t19-/m0/s1. The molecule has 128 valence electrons. The SMILES string of the molecule is CN1CCC(CN[C@H](c2cccnc2)c2ccc(F)c(F)c2)CC1. The van der Waals surface area contributed by atoms with E-state index in [1.807, 2.05) is 12.1 Å². The van der Waals surface area contributed by atoms with Gasteiger partial charge < -0.3 is 10.2 Å². The van der Waals surface area contributed by atoms with Gasteiger partial charge in [0.1, 0.15) is 0 Å². The summed E-state index contributed by atoms with van der Waals surface area (Å²) in [6.07, 6.45) is 5.79. The second kappa shape index (κ2) is 7.81. The number of nitrogens with zero attached hydrogens (tertiary/aromatic N) is 2. The normalized spacial score (nSPS) is 17.8. The maximum Gasteiger partial charge on any atom is 0.159 e. The second-order valence-electron chi connectivity index (χ2n) is 6.55. The molecule has 1 aliphatic rings. The van der Waals surface area contributed by atoms with Crippen LogP contribution in [-0.2, 0) is 0 Å². The number of halogens is 2. The molecule has 1 atom stereocenters. The topological polar surface area (TPSA) is 28.2 Å². The molecule has 1 N–H and O–H groups in total. The first-order chi connectivity index (χ1) is 11.6. The summed E-state index contributed by atoms with van der Waals surface area (Å²) in [6, 6.07) is 7.73. The Bertz CT molecular complexity index is 655. The first-order valence-electron chi connectivity index (χ1n) is 8.40. The Morgan fingerprint density at radius 2 is 1.96 bits per heavy atom. The maximum absolute atomic E-state index is 13.7. The number of pyridine rings is 1. The van der Waals surface area contributed by atoms with Gasteiger partial charge in [0.05, 0.1) is 6.04 Å². The third-order valence-corrected chi connectivity index (χ3v) is 4.74. The molecule has 5 heteroatoms. The van der Waals surface area contributed by atoms with Crippen molar-refractivity contribution in [1.82, 2.24) is 15.2 Å². The number of piperidine rings is 1. The fourth-order valence-electron chi connectivity index (χ4n) is 3.22. The molecule has 1 aromatic heterocycles. The van der Waals surface area contributed by atoms with Crippen molar-refractivity contribution in [3.8, 4) is 0 Å². The van der Waals surface area contributed by atoms with Gasteiger partial charge in [-0.15, -0.1) is 0 Å². The molecule has 1 aromatic carbocycles. The van der Waals surface area contributed by atoms with Crippen molar-refractivity contribution < 1.29 is 8.78 Å². The molecule has 24 heavy (non-hydrogen) atoms. The summed E-state index contributed by atoms with van der Waals surface area (Å²) in [5, 5.41) is 3.54. The van der Waals surface area contributed by atoms with Crippen molar-refractivity contribution in [2.24, 2.45) is 5.92 Å². The molecule has 0 saturated carbocycles. The van der Waals surface area contributed by atoms with E-state index in [9.17, 15) is 8.78 Å². The molecule has 2 aromatic rings. The fourth-order valence-corrected chi connectivity index (χ4v) is 3.22. The van der Waals surface area contributed by atoms with Crippen molar-refractivity contribution >= 4 is 0 Å². The van der Waals surface area contributed by atoms with Crippen molar-refractivity contribution in [3.63, 3.8) is 0 Å². The molecule has 0 amide bonds. The number of hydrogen-bond acceptors (Lipinski definition) is 3. The Labute approximate surface area is 141 Å². The first-order valence-corrected chi connectivity index (χ1v) is 8.40. The quantitative estimate of drug-likeness (QED) is 0.910. The van der Waals surface area contributed by atoms with Crippen molar-refractivity contribution in [1.29, 1.82) is 0 Å². The fraction of sp³-hybridized carbons (Fsp3) is 0.421. The van der Waals surface area contributed by atoms with Crippen molar-refractivity contribution in [3.05, 3.63) is 65.5 Å². The highest BCUT2D eigenvalue weighted by Crippen LogP contribution is 2.24. The highest BCUT2D eigenvalue weighted by atomic mass is 19.2. The van der Waals surface area contributed by atoms with Crippen LogP contribution in [0, 0.1) is 17.6 Å². The molecule has 0 unspecified atom stereocenters. The highest BCUT2D eigenvalue weighted by molar-refractivity contribution is 5.30. The summed E-state index contributed by atoms with van der Waals surface area (Å²) in [5.41, 5.74) is 1.67. The van der Waals surface area contributed by atoms with E-state index in [2.05, 4.69) is 22.2 Å². The minimum atomic E-state index is -0.820. The molecule has 0 radical (unpaired) electrons. The van der Waals surface area contributed by atoms with Crippen molar-refractivity contribution in [2.75, 3.05) is 26.7 Å². The molecule has 1 saturated heterocycles. The Kier molecular flexibility index (Phi) is 5.53. The number of nitrogens with one attached hydrogen (secondary N) is 1. The molecule has 1 aliphatic heterocycles. The Morgan fingerprint density at radius 1 is 1.17 bits per heavy atom. The average Bonchev–Trinajstić information content (AvgIpc) is 2.61. The number of aromatic nitrogens is 1. The van der Waals surface area contributed by atoms with Gasteiger partial charge in [0, 0.05) is 12.4 Å². The van der Waals surface area contributed by atoms with Crippen LogP contribution in [0.1, 0.15) is 30.0 Å². The van der Waals surface area contributed by atoms with Crippen LogP contribution in [0.2, 0.25) is 0 Å². The van der Waals surface area contributed by atoms with E-state index in [0.717, 1.165) is 43.6 Å². The molecular weight excluding hydrogens is 308 g/mol. The zero-order valence-corrected chi connectivity index (χ0v) is 13.9. The minimum absolute atomic E-state index is 0.187. The van der Waals surface area contributed by atoms with Crippen LogP contribution < -0.4 is 5.32 Å². The summed E-state index contributed by atoms with van der Waals surface area (Å²) in [5.74, 6) is -1.04. The number of hydrogen-bond donors (Lipinski definition) is 1. The summed E-state index contributed by atoms with van der Waals surface area (Å²) in [7, 11) is 2.14. The third kappa shape index (κ3) is 4.16. The van der Waals surface area contributed by atoms with Crippen molar-refractivity contribution in [2.45, 2.75) is 18.9 Å². The van der Waals surface area contributed by atoms with E-state index < -0.39 is 11.6 Å². The van der Waals surface area contributed by atoms with E-state index >= 15 is 0 Å². The predicted molar refractivity (Wildman–Crippen MR) is 90.7 cm³/mol. The molecule has 0 aliphatic carbocycles. The van der Waals surface area contributed by atoms with E-state index in [0.29, 0.717) is 5.92 Å². The Balaban J connectivity index is 1.76. The largest absolute Gasteiger partial charge is 0.306 e. The van der Waals surface area contributed by atoms with Crippen LogP contribution in [0.3, 0.4) is 0 Å². The molecule has 1 fully saturated rings. The van der Waals surface area contributed by atoms with Crippen LogP contribution in [0.4, 0.5) is 8.78 Å². The lowest BCUT2D eigenvalue weighted by molar-refractivity contribution is 0.214. The zero-order chi connectivity index (χ0) is 16.9. The molecule has 0 spiro atoms. The van der Waals surface area contributed by atoms with Gasteiger partial charge in [-0.05, 0) is 74.8 Å². The van der Waals surface area contributed by atoms with Gasteiger partial charge in [-0.25, -0.2) is 8.78 Å². The molecule has 3 rings (SSSR count). The minimum Gasteiger partial charge on any atom is -0.306 e. The van der Waals surface area contributed by atoms with Gasteiger partial charge in [-0.3, -0.25) is 4.98 Å². The van der Waals surface area contributed by atoms with E-state index in [4.69, 9.17) is 0 Å². The highest BCUT2D eigenvalue weighted by Gasteiger charge is 2.20. The van der Waals surface area contributed by atoms with Gasteiger partial charge in [0.25, 0.3) is 0 Å². The second-order valence-corrected chi connectivity index (χ2v) is 6.55. The molecule has 0 bridgehead atoms. The van der Waals surface area contributed by atoms with Gasteiger partial charge >= 0.3 is 0 Å². The Hall–Kier alpha value is -1.85. The van der Waals surface area contributed by atoms with E-state index in [1.54, 1.807) is 18.5 Å². The number of likely N-dealkylation sites (tertiary alicyclic amines) is 1. The predicted octanol–water partition coefficient (Wildman–Crippen LogP) is 3.38. The van der Waals surface area contributed by atoms with Crippen LogP contribution in [0.15, 0.2) is 42.7 Å². The average molecular weight is 331 g/mol. The lowest BCUT2D eigenvalue weighted by Crippen LogP contribution is -2.36. The van der Waals surface area contributed by atoms with Gasteiger partial charge in [0.15, 0.2) is 11.6 Å². The van der Waals surface area contributed by atoms with Crippen LogP contribution in [0.25, 0.3) is 0 Å². The number of rotatable bonds is 5. The monoisotopic (exact) mass is 331 g/mol. The van der Waals surface area contributed by atoms with E-state index in [1.165, 1.54) is 12.1 Å². The summed E-state index contributed by atoms with van der Waals surface area (Å²) < 4.78 is 26.9. The molecular formula is C19H23F2N3. The Morgan fingerprint density at radius 3 is 2.62 bits per heavy atom. The summed E-state index contributed by atoms with van der Waals surface area (Å²) in [6.45, 7) is 3.07. The first kappa shape index (κ1) is 17.0. The lowest BCUT2D eigenvalue weighted by atomic mass is 9.95. The maximum atomic E-state index is 13.7. The van der Waals surface area contributed by atoms with Gasteiger partial charge in [-0.1, -0.05) is 12.1 Å². The zero-order valence-electron chi connectivity index (χ0n) is 13.9. The van der Waals surface area contributed by atoms with Crippen LogP contribution >= 0.6 is 0 Å². The number of benzene rings is 1. The smallest absolute Gasteiger partial charge is 0.159 e.